The van der Waals surface area contributed by atoms with E-state index in [-0.39, 0.29) is 17.5 Å². The number of nitro groups is 1. The third-order valence-corrected chi connectivity index (χ3v) is 3.12. The minimum Gasteiger partial charge on any atom is -0.508 e. The molecule has 2 aromatic rings. The highest BCUT2D eigenvalue weighted by atomic mass is 16.6. The number of hydrogen-bond acceptors (Lipinski definition) is 4. The first-order chi connectivity index (χ1) is 9.47. The summed E-state index contributed by atoms with van der Waals surface area (Å²) in [5.74, 6) is 0.197. The van der Waals surface area contributed by atoms with E-state index in [9.17, 15) is 15.2 Å². The van der Waals surface area contributed by atoms with Crippen LogP contribution in [0.1, 0.15) is 24.1 Å². The molecule has 0 aliphatic heterocycles. The third kappa shape index (κ3) is 3.06. The van der Waals surface area contributed by atoms with Gasteiger partial charge in [0.2, 0.25) is 0 Å². The second-order valence-electron chi connectivity index (χ2n) is 4.74. The number of aromatic hydroxyl groups is 1. The average molecular weight is 272 g/mol. The number of rotatable bonds is 4. The largest absolute Gasteiger partial charge is 0.508 e. The maximum Gasteiger partial charge on any atom is 0.292 e. The summed E-state index contributed by atoms with van der Waals surface area (Å²) in [5.41, 5.74) is 2.34. The Bertz CT molecular complexity index is 624. The van der Waals surface area contributed by atoms with E-state index in [1.54, 1.807) is 36.4 Å². The van der Waals surface area contributed by atoms with Gasteiger partial charge in [-0.2, -0.15) is 0 Å². The summed E-state index contributed by atoms with van der Waals surface area (Å²) >= 11 is 0. The number of nitro benzene ring substituents is 1. The van der Waals surface area contributed by atoms with Gasteiger partial charge in [-0.25, -0.2) is 0 Å². The SMILES string of the molecule is Cc1ccc(NC(C)c2ccc(O)cc2)c([N+](=O)[O-])c1. The monoisotopic (exact) mass is 272 g/mol. The van der Waals surface area contributed by atoms with Crippen LogP contribution >= 0.6 is 0 Å². The number of nitrogens with zero attached hydrogens (tertiary/aromatic N) is 1. The van der Waals surface area contributed by atoms with Crippen LogP contribution in [0.15, 0.2) is 42.5 Å². The van der Waals surface area contributed by atoms with Crippen LogP contribution in [0.4, 0.5) is 11.4 Å². The molecule has 20 heavy (non-hydrogen) atoms. The van der Waals surface area contributed by atoms with E-state index < -0.39 is 4.92 Å². The Balaban J connectivity index is 2.25. The Morgan fingerprint density at radius 1 is 1.20 bits per heavy atom. The Morgan fingerprint density at radius 2 is 1.85 bits per heavy atom. The molecule has 1 atom stereocenters. The van der Waals surface area contributed by atoms with Crippen LogP contribution in [0.3, 0.4) is 0 Å². The second-order valence-corrected chi connectivity index (χ2v) is 4.74. The molecule has 1 unspecified atom stereocenters. The lowest BCUT2D eigenvalue weighted by Gasteiger charge is -2.16. The Hall–Kier alpha value is -2.56. The van der Waals surface area contributed by atoms with Gasteiger partial charge in [0, 0.05) is 12.1 Å². The smallest absolute Gasteiger partial charge is 0.292 e. The molecule has 0 aliphatic carbocycles. The molecule has 104 valence electrons. The van der Waals surface area contributed by atoms with Gasteiger partial charge in [0.25, 0.3) is 5.69 Å². The van der Waals surface area contributed by atoms with Gasteiger partial charge < -0.3 is 10.4 Å². The second kappa shape index (κ2) is 5.61. The standard InChI is InChI=1S/C15H16N2O3/c1-10-3-8-14(15(9-10)17(19)20)16-11(2)12-4-6-13(18)7-5-12/h3-9,11,16,18H,1-2H3. The fraction of sp³-hybridized carbons (Fsp3) is 0.200. The fourth-order valence-corrected chi connectivity index (χ4v) is 1.99. The van der Waals surface area contributed by atoms with Crippen molar-refractivity contribution in [2.75, 3.05) is 5.32 Å². The van der Waals surface area contributed by atoms with Gasteiger partial charge in [0.05, 0.1) is 4.92 Å². The van der Waals surface area contributed by atoms with Gasteiger partial charge in [-0.3, -0.25) is 10.1 Å². The molecule has 5 heteroatoms. The summed E-state index contributed by atoms with van der Waals surface area (Å²) in [4.78, 5) is 10.7. The number of nitrogens with one attached hydrogen (secondary N) is 1. The molecule has 0 saturated heterocycles. The van der Waals surface area contributed by atoms with Crippen molar-refractivity contribution < 1.29 is 10.0 Å². The van der Waals surface area contributed by atoms with Crippen LogP contribution in [0, 0.1) is 17.0 Å². The molecule has 2 rings (SSSR count). The number of phenols is 1. The van der Waals surface area contributed by atoms with Crippen molar-refractivity contribution >= 4 is 11.4 Å². The van der Waals surface area contributed by atoms with Crippen molar-refractivity contribution in [1.82, 2.24) is 0 Å². The number of aryl methyl sites for hydroxylation is 1. The quantitative estimate of drug-likeness (QED) is 0.656. The molecule has 0 spiro atoms. The van der Waals surface area contributed by atoms with Gasteiger partial charge in [-0.1, -0.05) is 18.2 Å². The molecule has 0 bridgehead atoms. The lowest BCUT2D eigenvalue weighted by Crippen LogP contribution is -2.08. The molecular formula is C15H16N2O3. The summed E-state index contributed by atoms with van der Waals surface area (Å²) in [6, 6.07) is 11.8. The van der Waals surface area contributed by atoms with Crippen molar-refractivity contribution in [2.24, 2.45) is 0 Å². The van der Waals surface area contributed by atoms with Crippen LogP contribution in [-0.2, 0) is 0 Å². The Labute approximate surface area is 117 Å². The fourth-order valence-electron chi connectivity index (χ4n) is 1.99. The van der Waals surface area contributed by atoms with E-state index in [0.717, 1.165) is 11.1 Å². The minimum absolute atomic E-state index is 0.0654. The molecule has 0 heterocycles. The highest BCUT2D eigenvalue weighted by Gasteiger charge is 2.16. The van der Waals surface area contributed by atoms with Crippen LogP contribution in [-0.4, -0.2) is 10.0 Å². The first kappa shape index (κ1) is 13.9. The molecule has 0 aliphatic rings. The van der Waals surface area contributed by atoms with Crippen molar-refractivity contribution in [1.29, 1.82) is 0 Å². The van der Waals surface area contributed by atoms with Gasteiger partial charge in [-0.15, -0.1) is 0 Å². The predicted molar refractivity (Wildman–Crippen MR) is 78.0 cm³/mol. The summed E-state index contributed by atoms with van der Waals surface area (Å²) in [6.07, 6.45) is 0. The van der Waals surface area contributed by atoms with Gasteiger partial charge in [0.15, 0.2) is 0 Å². The Kier molecular flexibility index (Phi) is 3.89. The molecule has 0 saturated carbocycles. The predicted octanol–water partition coefficient (Wildman–Crippen LogP) is 3.78. The number of anilines is 1. The maximum absolute atomic E-state index is 11.1. The molecule has 2 aromatic carbocycles. The zero-order chi connectivity index (χ0) is 14.7. The van der Waals surface area contributed by atoms with Crippen molar-refractivity contribution in [3.8, 4) is 5.75 Å². The van der Waals surface area contributed by atoms with E-state index in [4.69, 9.17) is 0 Å². The lowest BCUT2D eigenvalue weighted by atomic mass is 10.1. The van der Waals surface area contributed by atoms with E-state index in [2.05, 4.69) is 5.32 Å². The molecule has 0 amide bonds. The molecule has 0 fully saturated rings. The highest BCUT2D eigenvalue weighted by molar-refractivity contribution is 5.63. The first-order valence-corrected chi connectivity index (χ1v) is 6.28. The minimum atomic E-state index is -0.390. The normalized spacial score (nSPS) is 11.9. The molecule has 5 nitrogen and oxygen atoms in total. The third-order valence-electron chi connectivity index (χ3n) is 3.12. The summed E-state index contributed by atoms with van der Waals surface area (Å²) < 4.78 is 0. The number of phenolic OH excluding ortho intramolecular Hbond substituents is 1. The van der Waals surface area contributed by atoms with Crippen molar-refractivity contribution in [3.05, 3.63) is 63.7 Å². The molecular weight excluding hydrogens is 256 g/mol. The van der Waals surface area contributed by atoms with Crippen LogP contribution in [0.25, 0.3) is 0 Å². The number of benzene rings is 2. The van der Waals surface area contributed by atoms with Crippen LogP contribution in [0.5, 0.6) is 5.75 Å². The topological polar surface area (TPSA) is 75.4 Å². The summed E-state index contributed by atoms with van der Waals surface area (Å²) in [5, 5.41) is 23.5. The van der Waals surface area contributed by atoms with E-state index in [0.29, 0.717) is 5.69 Å². The molecule has 0 radical (unpaired) electrons. The maximum atomic E-state index is 11.1. The highest BCUT2D eigenvalue weighted by Crippen LogP contribution is 2.29. The van der Waals surface area contributed by atoms with Crippen LogP contribution in [0.2, 0.25) is 0 Å². The van der Waals surface area contributed by atoms with Gasteiger partial charge in [-0.05, 0) is 43.2 Å². The van der Waals surface area contributed by atoms with E-state index in [1.165, 1.54) is 0 Å². The average Bonchev–Trinajstić information content (AvgIpc) is 2.41. The van der Waals surface area contributed by atoms with Gasteiger partial charge in [0.1, 0.15) is 11.4 Å². The summed E-state index contributed by atoms with van der Waals surface area (Å²) in [7, 11) is 0. The Morgan fingerprint density at radius 3 is 2.45 bits per heavy atom. The molecule has 2 N–H and O–H groups in total. The number of hydrogen-bond donors (Lipinski definition) is 2. The van der Waals surface area contributed by atoms with Crippen molar-refractivity contribution in [3.63, 3.8) is 0 Å². The van der Waals surface area contributed by atoms with E-state index >= 15 is 0 Å². The van der Waals surface area contributed by atoms with Crippen LogP contribution < -0.4 is 5.32 Å². The zero-order valence-corrected chi connectivity index (χ0v) is 11.3. The van der Waals surface area contributed by atoms with Crippen molar-refractivity contribution in [2.45, 2.75) is 19.9 Å². The lowest BCUT2D eigenvalue weighted by molar-refractivity contribution is -0.384. The summed E-state index contributed by atoms with van der Waals surface area (Å²) in [6.45, 7) is 3.73. The zero-order valence-electron chi connectivity index (χ0n) is 11.3. The van der Waals surface area contributed by atoms with E-state index in [1.807, 2.05) is 19.9 Å². The first-order valence-electron chi connectivity index (χ1n) is 6.28. The molecule has 0 aromatic heterocycles. The van der Waals surface area contributed by atoms with Gasteiger partial charge >= 0.3 is 0 Å².